The Labute approximate surface area is 68.7 Å². The SMILES string of the molecule is CNCC1CC(C(C)N)CN1. The first-order valence-electron chi connectivity index (χ1n) is 4.37. The van der Waals surface area contributed by atoms with E-state index in [-0.39, 0.29) is 0 Å². The molecule has 0 aromatic heterocycles. The van der Waals surface area contributed by atoms with Crippen LogP contribution in [0, 0.1) is 5.92 Å². The van der Waals surface area contributed by atoms with Gasteiger partial charge in [-0.3, -0.25) is 0 Å². The standard InChI is InChI=1S/C8H19N3/c1-6(9)7-3-8(5-10-2)11-4-7/h6-8,10-11H,3-5,9H2,1-2H3. The van der Waals surface area contributed by atoms with Gasteiger partial charge in [0.15, 0.2) is 0 Å². The number of nitrogens with two attached hydrogens (primary N) is 1. The van der Waals surface area contributed by atoms with Crippen LogP contribution in [0.15, 0.2) is 0 Å². The number of likely N-dealkylation sites (N-methyl/N-ethyl adjacent to an activating group) is 1. The van der Waals surface area contributed by atoms with Crippen LogP contribution in [-0.4, -0.2) is 32.2 Å². The number of nitrogens with one attached hydrogen (secondary N) is 2. The van der Waals surface area contributed by atoms with Crippen molar-refractivity contribution in [1.82, 2.24) is 10.6 Å². The van der Waals surface area contributed by atoms with E-state index in [1.54, 1.807) is 0 Å². The molecule has 1 saturated heterocycles. The summed E-state index contributed by atoms with van der Waals surface area (Å²) < 4.78 is 0. The summed E-state index contributed by atoms with van der Waals surface area (Å²) in [5, 5.41) is 6.61. The highest BCUT2D eigenvalue weighted by Gasteiger charge is 2.25. The smallest absolute Gasteiger partial charge is 0.0196 e. The first kappa shape index (κ1) is 8.97. The fourth-order valence-electron chi connectivity index (χ4n) is 1.65. The third-order valence-electron chi connectivity index (χ3n) is 2.45. The first-order chi connectivity index (χ1) is 5.24. The average Bonchev–Trinajstić information content (AvgIpc) is 2.37. The molecule has 1 aliphatic rings. The van der Waals surface area contributed by atoms with Gasteiger partial charge in [-0.15, -0.1) is 0 Å². The van der Waals surface area contributed by atoms with Gasteiger partial charge in [-0.1, -0.05) is 0 Å². The van der Waals surface area contributed by atoms with Crippen LogP contribution >= 0.6 is 0 Å². The highest BCUT2D eigenvalue weighted by atomic mass is 15.0. The molecule has 3 heteroatoms. The molecule has 66 valence electrons. The molecule has 0 radical (unpaired) electrons. The highest BCUT2D eigenvalue weighted by molar-refractivity contribution is 4.86. The minimum absolute atomic E-state index is 0.337. The maximum Gasteiger partial charge on any atom is 0.0196 e. The summed E-state index contributed by atoms with van der Waals surface area (Å²) in [6, 6.07) is 0.973. The van der Waals surface area contributed by atoms with E-state index < -0.39 is 0 Å². The van der Waals surface area contributed by atoms with Crippen molar-refractivity contribution < 1.29 is 0 Å². The topological polar surface area (TPSA) is 50.1 Å². The van der Waals surface area contributed by atoms with Gasteiger partial charge in [0, 0.05) is 18.6 Å². The molecular weight excluding hydrogens is 138 g/mol. The normalized spacial score (nSPS) is 34.1. The first-order valence-corrected chi connectivity index (χ1v) is 4.37. The van der Waals surface area contributed by atoms with E-state index in [1.165, 1.54) is 6.42 Å². The van der Waals surface area contributed by atoms with Gasteiger partial charge in [0.1, 0.15) is 0 Å². The van der Waals surface area contributed by atoms with Gasteiger partial charge in [-0.25, -0.2) is 0 Å². The van der Waals surface area contributed by atoms with E-state index in [0.717, 1.165) is 13.1 Å². The van der Waals surface area contributed by atoms with Crippen molar-refractivity contribution in [2.24, 2.45) is 11.7 Å². The molecule has 3 unspecified atom stereocenters. The van der Waals surface area contributed by atoms with E-state index in [0.29, 0.717) is 18.0 Å². The molecule has 11 heavy (non-hydrogen) atoms. The maximum absolute atomic E-state index is 5.80. The van der Waals surface area contributed by atoms with Crippen LogP contribution in [0.2, 0.25) is 0 Å². The lowest BCUT2D eigenvalue weighted by Crippen LogP contribution is -2.31. The molecule has 0 aromatic carbocycles. The van der Waals surface area contributed by atoms with Crippen molar-refractivity contribution in [3.8, 4) is 0 Å². The number of hydrogen-bond acceptors (Lipinski definition) is 3. The highest BCUT2D eigenvalue weighted by Crippen LogP contribution is 2.15. The summed E-state index contributed by atoms with van der Waals surface area (Å²) >= 11 is 0. The molecule has 0 saturated carbocycles. The minimum atomic E-state index is 0.337. The zero-order valence-electron chi connectivity index (χ0n) is 7.43. The van der Waals surface area contributed by atoms with Crippen molar-refractivity contribution in [3.05, 3.63) is 0 Å². The Morgan fingerprint density at radius 2 is 2.45 bits per heavy atom. The molecule has 0 spiro atoms. The predicted molar refractivity (Wildman–Crippen MR) is 47.5 cm³/mol. The lowest BCUT2D eigenvalue weighted by Gasteiger charge is -2.12. The summed E-state index contributed by atoms with van der Waals surface area (Å²) in [6.45, 7) is 4.24. The Kier molecular flexibility index (Phi) is 3.30. The maximum atomic E-state index is 5.80. The number of rotatable bonds is 3. The fourth-order valence-corrected chi connectivity index (χ4v) is 1.65. The molecule has 1 aliphatic heterocycles. The minimum Gasteiger partial charge on any atom is -0.328 e. The van der Waals surface area contributed by atoms with Crippen LogP contribution < -0.4 is 16.4 Å². The third kappa shape index (κ3) is 2.43. The van der Waals surface area contributed by atoms with Crippen molar-refractivity contribution in [2.75, 3.05) is 20.1 Å². The van der Waals surface area contributed by atoms with Gasteiger partial charge in [0.05, 0.1) is 0 Å². The second-order valence-corrected chi connectivity index (χ2v) is 3.52. The van der Waals surface area contributed by atoms with Gasteiger partial charge in [-0.2, -0.15) is 0 Å². The van der Waals surface area contributed by atoms with Gasteiger partial charge < -0.3 is 16.4 Å². The summed E-state index contributed by atoms with van der Waals surface area (Å²) in [7, 11) is 1.99. The third-order valence-corrected chi connectivity index (χ3v) is 2.45. The zero-order valence-corrected chi connectivity index (χ0v) is 7.43. The number of hydrogen-bond donors (Lipinski definition) is 3. The van der Waals surface area contributed by atoms with Crippen molar-refractivity contribution in [1.29, 1.82) is 0 Å². The van der Waals surface area contributed by atoms with Gasteiger partial charge in [-0.05, 0) is 32.9 Å². The van der Waals surface area contributed by atoms with Crippen molar-refractivity contribution >= 4 is 0 Å². The summed E-state index contributed by atoms with van der Waals surface area (Å²) in [5.41, 5.74) is 5.80. The van der Waals surface area contributed by atoms with Gasteiger partial charge in [0.25, 0.3) is 0 Å². The summed E-state index contributed by atoms with van der Waals surface area (Å²) in [6.07, 6.45) is 1.22. The lowest BCUT2D eigenvalue weighted by atomic mass is 9.99. The lowest BCUT2D eigenvalue weighted by molar-refractivity contribution is 0.467. The Morgan fingerprint density at radius 1 is 1.73 bits per heavy atom. The molecule has 0 bridgehead atoms. The van der Waals surface area contributed by atoms with Gasteiger partial charge in [0.2, 0.25) is 0 Å². The molecule has 1 rings (SSSR count). The van der Waals surface area contributed by atoms with Crippen LogP contribution in [0.25, 0.3) is 0 Å². The molecule has 3 atom stereocenters. The van der Waals surface area contributed by atoms with Crippen LogP contribution in [0.5, 0.6) is 0 Å². The van der Waals surface area contributed by atoms with E-state index in [2.05, 4.69) is 17.6 Å². The largest absolute Gasteiger partial charge is 0.328 e. The quantitative estimate of drug-likeness (QED) is 0.519. The summed E-state index contributed by atoms with van der Waals surface area (Å²) in [5.74, 6) is 0.674. The molecule has 1 fully saturated rings. The molecular formula is C8H19N3. The fraction of sp³-hybridized carbons (Fsp3) is 1.00. The van der Waals surface area contributed by atoms with Crippen molar-refractivity contribution in [2.45, 2.75) is 25.4 Å². The monoisotopic (exact) mass is 157 g/mol. The molecule has 0 aromatic rings. The van der Waals surface area contributed by atoms with Gasteiger partial charge >= 0.3 is 0 Å². The average molecular weight is 157 g/mol. The van der Waals surface area contributed by atoms with Crippen LogP contribution in [0.4, 0.5) is 0 Å². The Hall–Kier alpha value is -0.120. The Morgan fingerprint density at radius 3 is 2.91 bits per heavy atom. The molecule has 1 heterocycles. The van der Waals surface area contributed by atoms with Crippen LogP contribution in [0.1, 0.15) is 13.3 Å². The molecule has 3 nitrogen and oxygen atoms in total. The summed E-state index contributed by atoms with van der Waals surface area (Å²) in [4.78, 5) is 0. The van der Waals surface area contributed by atoms with Crippen molar-refractivity contribution in [3.63, 3.8) is 0 Å². The predicted octanol–water partition coefficient (Wildman–Crippen LogP) is -0.469. The van der Waals surface area contributed by atoms with E-state index >= 15 is 0 Å². The second kappa shape index (κ2) is 4.04. The zero-order chi connectivity index (χ0) is 8.27. The molecule has 0 amide bonds. The molecule has 0 aliphatic carbocycles. The van der Waals surface area contributed by atoms with E-state index in [1.807, 2.05) is 7.05 Å². The second-order valence-electron chi connectivity index (χ2n) is 3.52. The van der Waals surface area contributed by atoms with Crippen LogP contribution in [-0.2, 0) is 0 Å². The van der Waals surface area contributed by atoms with E-state index in [9.17, 15) is 0 Å². The molecule has 4 N–H and O–H groups in total. The van der Waals surface area contributed by atoms with E-state index in [4.69, 9.17) is 5.73 Å². The Bertz CT molecular complexity index is 114. The Balaban J connectivity index is 2.23. The van der Waals surface area contributed by atoms with Crippen LogP contribution in [0.3, 0.4) is 0 Å².